The third-order valence-electron chi connectivity index (χ3n) is 14.7. The van der Waals surface area contributed by atoms with Crippen LogP contribution >= 0.6 is 0 Å². The lowest BCUT2D eigenvalue weighted by Crippen LogP contribution is -2.44. The van der Waals surface area contributed by atoms with Gasteiger partial charge in [-0.3, -0.25) is 33.8 Å². The molecule has 0 saturated heterocycles. The fraction of sp³-hybridized carbons (Fsp3) is 0.131. The average Bonchev–Trinajstić information content (AvgIpc) is 3.36. The van der Waals surface area contributed by atoms with Gasteiger partial charge in [-0.25, -0.2) is 14.7 Å². The smallest absolute Gasteiger partial charge is 0.266 e. The zero-order valence-corrected chi connectivity index (χ0v) is 39.6. The number of fused-ring (bicyclic) bond motifs is 2. The number of carbonyl (C=O) groups is 6. The molecule has 9 aromatic carbocycles. The Labute approximate surface area is 407 Å². The molecular formula is C61H42N4O6. The van der Waals surface area contributed by atoms with Crippen LogP contribution in [0.3, 0.4) is 0 Å². The first kappa shape index (κ1) is 42.2. The molecule has 342 valence electrons. The minimum atomic E-state index is -0.580. The van der Waals surface area contributed by atoms with E-state index in [1.807, 2.05) is 106 Å². The van der Waals surface area contributed by atoms with Crippen molar-refractivity contribution < 1.29 is 28.8 Å². The summed E-state index contributed by atoms with van der Waals surface area (Å²) in [6, 6.07) is 42.1. The van der Waals surface area contributed by atoms with Gasteiger partial charge in [0.2, 0.25) is 0 Å². The number of hydrogen-bond acceptors (Lipinski definition) is 7. The normalized spacial score (nSPS) is 15.0. The summed E-state index contributed by atoms with van der Waals surface area (Å²) in [5, 5.41) is 6.63. The fourth-order valence-electron chi connectivity index (χ4n) is 11.4. The number of pyridine rings is 1. The molecule has 6 amide bonds. The van der Waals surface area contributed by atoms with Crippen LogP contribution < -0.4 is 14.7 Å². The summed E-state index contributed by atoms with van der Waals surface area (Å²) in [4.78, 5) is 96.6. The van der Waals surface area contributed by atoms with Crippen molar-refractivity contribution in [2.75, 3.05) is 14.7 Å². The number of benzene rings is 9. The van der Waals surface area contributed by atoms with Crippen molar-refractivity contribution in [2.24, 2.45) is 0 Å². The molecule has 10 aromatic rings. The lowest BCUT2D eigenvalue weighted by atomic mass is 9.80. The van der Waals surface area contributed by atoms with Crippen molar-refractivity contribution in [3.63, 3.8) is 0 Å². The van der Waals surface area contributed by atoms with E-state index in [-0.39, 0.29) is 33.1 Å². The molecule has 0 fully saturated rings. The number of nitrogens with zero attached hydrogens (tertiary/aromatic N) is 4. The lowest BCUT2D eigenvalue weighted by Gasteiger charge is -2.35. The van der Waals surface area contributed by atoms with E-state index in [1.165, 1.54) is 14.7 Å². The zero-order chi connectivity index (χ0) is 49.2. The van der Waals surface area contributed by atoms with Crippen LogP contribution in [-0.2, 0) is 10.8 Å². The summed E-state index contributed by atoms with van der Waals surface area (Å²) in [6.45, 7) is 12.4. The SMILES string of the molecule is CC(C)(C)c1ccc(C(C)(C)C)c(N2C(=O)c3ccc4c5c(ccc(c35)C2=O)C(=O)N(c2ccc3c5ccc6c7c(ccc(c8cccc2c83)c75)C(=O)N(c2ccnc(-c3ccccc3)c2)C6=O)C4=O)c1. The second-order valence-corrected chi connectivity index (χ2v) is 20.8. The minimum Gasteiger partial charge on any atom is -0.268 e. The first-order chi connectivity index (χ1) is 34.0. The molecule has 0 bridgehead atoms. The van der Waals surface area contributed by atoms with Crippen molar-refractivity contribution >= 4 is 106 Å². The van der Waals surface area contributed by atoms with E-state index in [4.69, 9.17) is 0 Å². The molecule has 0 aliphatic carbocycles. The van der Waals surface area contributed by atoms with Crippen LogP contribution in [0.2, 0.25) is 0 Å². The molecule has 71 heavy (non-hydrogen) atoms. The first-order valence-corrected chi connectivity index (χ1v) is 23.6. The third-order valence-corrected chi connectivity index (χ3v) is 14.7. The molecule has 10 nitrogen and oxygen atoms in total. The number of aromatic nitrogens is 1. The topological polar surface area (TPSA) is 125 Å². The Bertz CT molecular complexity index is 4020. The van der Waals surface area contributed by atoms with Gasteiger partial charge in [0, 0.05) is 66.7 Å². The van der Waals surface area contributed by atoms with Gasteiger partial charge < -0.3 is 0 Å². The summed E-state index contributed by atoms with van der Waals surface area (Å²) in [5.74, 6) is -3.08. The highest BCUT2D eigenvalue weighted by atomic mass is 16.2. The third kappa shape index (κ3) is 5.73. The predicted octanol–water partition coefficient (Wildman–Crippen LogP) is 12.9. The van der Waals surface area contributed by atoms with E-state index in [9.17, 15) is 28.8 Å². The highest BCUT2D eigenvalue weighted by Crippen LogP contribution is 2.48. The van der Waals surface area contributed by atoms with Gasteiger partial charge in [0.1, 0.15) is 0 Å². The van der Waals surface area contributed by atoms with Crippen molar-refractivity contribution in [1.82, 2.24) is 4.98 Å². The lowest BCUT2D eigenvalue weighted by molar-refractivity contribution is 0.0873. The molecule has 13 rings (SSSR count). The van der Waals surface area contributed by atoms with Crippen LogP contribution in [0.5, 0.6) is 0 Å². The van der Waals surface area contributed by atoms with Gasteiger partial charge in [0.15, 0.2) is 0 Å². The van der Waals surface area contributed by atoms with E-state index >= 15 is 0 Å². The molecule has 1 aromatic heterocycles. The van der Waals surface area contributed by atoms with Crippen molar-refractivity contribution in [3.05, 3.63) is 190 Å². The van der Waals surface area contributed by atoms with Crippen molar-refractivity contribution in [1.29, 1.82) is 0 Å². The zero-order valence-electron chi connectivity index (χ0n) is 39.6. The molecule has 3 aliphatic rings. The number of imide groups is 3. The average molecular weight is 927 g/mol. The van der Waals surface area contributed by atoms with Crippen molar-refractivity contribution in [3.8, 4) is 11.3 Å². The van der Waals surface area contributed by atoms with Gasteiger partial charge in [-0.05, 0) is 115 Å². The fourth-order valence-corrected chi connectivity index (χ4v) is 11.4. The molecule has 0 atom stereocenters. The maximum absolute atomic E-state index is 15.0. The minimum absolute atomic E-state index is 0.205. The maximum atomic E-state index is 15.0. The van der Waals surface area contributed by atoms with Gasteiger partial charge in [-0.1, -0.05) is 120 Å². The number of amides is 6. The van der Waals surface area contributed by atoms with Crippen LogP contribution in [0.15, 0.2) is 146 Å². The summed E-state index contributed by atoms with van der Waals surface area (Å²) in [7, 11) is 0. The predicted molar refractivity (Wildman–Crippen MR) is 279 cm³/mol. The molecule has 0 radical (unpaired) electrons. The van der Waals surface area contributed by atoms with Crippen LogP contribution in [0, 0.1) is 0 Å². The molecule has 0 unspecified atom stereocenters. The van der Waals surface area contributed by atoms with E-state index < -0.39 is 40.9 Å². The van der Waals surface area contributed by atoms with Gasteiger partial charge >= 0.3 is 0 Å². The summed E-state index contributed by atoms with van der Waals surface area (Å²) in [5.41, 5.74) is 5.61. The van der Waals surface area contributed by atoms with Crippen LogP contribution in [0.1, 0.15) is 115 Å². The summed E-state index contributed by atoms with van der Waals surface area (Å²) in [6.07, 6.45) is 1.60. The Morgan fingerprint density at radius 2 is 0.831 bits per heavy atom. The van der Waals surface area contributed by atoms with E-state index in [1.54, 1.807) is 60.8 Å². The van der Waals surface area contributed by atoms with E-state index in [0.29, 0.717) is 50.0 Å². The highest BCUT2D eigenvalue weighted by Gasteiger charge is 2.43. The Morgan fingerprint density at radius 3 is 1.38 bits per heavy atom. The Hall–Kier alpha value is -8.89. The number of carbonyl (C=O) groups excluding carboxylic acids is 6. The standard InChI is InChI=1S/C61H42N4O6/c1-60(2,3)32-15-25-45(61(4,5)6)48(29-32)65-58(70)43-22-20-41-52-42(21-23-44(53(43)52)59(65)71)57(69)64(56(41)68)47-26-24-35-37-17-19-40-51-39(18-16-36(50(37)51)34-13-10-14-38(47)49(34)35)54(66)63(55(40)67)33-27-28-62-46(30-33)31-11-8-7-9-12-31/h7-30H,1-6H3. The monoisotopic (exact) mass is 926 g/mol. The Kier molecular flexibility index (Phi) is 8.53. The number of hydrogen-bond donors (Lipinski definition) is 0. The van der Waals surface area contributed by atoms with Crippen LogP contribution in [-0.4, -0.2) is 40.4 Å². The molecule has 0 N–H and O–H groups in total. The first-order valence-electron chi connectivity index (χ1n) is 23.6. The molecular weight excluding hydrogens is 885 g/mol. The van der Waals surface area contributed by atoms with E-state index in [0.717, 1.165) is 49.0 Å². The van der Waals surface area contributed by atoms with Gasteiger partial charge in [0.05, 0.1) is 22.8 Å². The van der Waals surface area contributed by atoms with E-state index in [2.05, 4.69) is 25.8 Å². The van der Waals surface area contributed by atoms with Crippen LogP contribution in [0.25, 0.3) is 65.1 Å². The van der Waals surface area contributed by atoms with Crippen molar-refractivity contribution in [2.45, 2.75) is 52.4 Å². The number of anilines is 3. The Balaban J connectivity index is 0.917. The quantitative estimate of drug-likeness (QED) is 0.0977. The molecule has 10 heteroatoms. The van der Waals surface area contributed by atoms with Gasteiger partial charge in [-0.15, -0.1) is 0 Å². The second-order valence-electron chi connectivity index (χ2n) is 20.8. The summed E-state index contributed by atoms with van der Waals surface area (Å²) >= 11 is 0. The van der Waals surface area contributed by atoms with Gasteiger partial charge in [0.25, 0.3) is 35.4 Å². The highest BCUT2D eigenvalue weighted by molar-refractivity contribution is 6.45. The largest absolute Gasteiger partial charge is 0.268 e. The number of rotatable bonds is 4. The summed E-state index contributed by atoms with van der Waals surface area (Å²) < 4.78 is 0. The molecule has 4 heterocycles. The maximum Gasteiger partial charge on any atom is 0.266 e. The molecule has 3 aliphatic heterocycles. The van der Waals surface area contributed by atoms with Crippen LogP contribution in [0.4, 0.5) is 17.1 Å². The molecule has 0 spiro atoms. The molecule has 0 saturated carbocycles. The van der Waals surface area contributed by atoms with Gasteiger partial charge in [-0.2, -0.15) is 0 Å². The second kappa shape index (κ2) is 14.3. The Morgan fingerprint density at radius 1 is 0.366 bits per heavy atom.